The second-order valence-electron chi connectivity index (χ2n) is 6.17. The summed E-state index contributed by atoms with van der Waals surface area (Å²) in [6.45, 7) is 5.20. The monoisotopic (exact) mass is 379 g/mol. The van der Waals surface area contributed by atoms with Gasteiger partial charge in [0.15, 0.2) is 0 Å². The Morgan fingerprint density at radius 2 is 1.46 bits per heavy atom. The van der Waals surface area contributed by atoms with E-state index in [1.165, 1.54) is 63.5 Å². The molecule has 0 aromatic heterocycles. The number of carbonyl (C=O) groups excluding carboxylic acids is 1. The van der Waals surface area contributed by atoms with Crippen LogP contribution in [-0.4, -0.2) is 36.8 Å². The molecule has 0 aromatic carbocycles. The summed E-state index contributed by atoms with van der Waals surface area (Å²) in [5.74, 6) is 2.02. The molecule has 0 heterocycles. The second-order valence-corrected chi connectivity index (χ2v) is 8.88. The summed E-state index contributed by atoms with van der Waals surface area (Å²) in [6, 6.07) is 0.207. The van der Waals surface area contributed by atoms with E-state index in [2.05, 4.69) is 10.9 Å². The van der Waals surface area contributed by atoms with Crippen LogP contribution in [0, 0.1) is 0 Å². The first-order valence-corrected chi connectivity index (χ1v) is 11.8. The van der Waals surface area contributed by atoms with E-state index < -0.39 is 6.09 Å². The summed E-state index contributed by atoms with van der Waals surface area (Å²) in [7, 11) is 3.66. The molecule has 0 aliphatic rings. The standard InChI is InChI=1S/C17H37N3O2S2/c1-16(2)19-20-17(21)22-13-15-24-23-14-11-9-7-5-3-4-6-8-10-12-18/h16,19H,3-15,18H2,1-2H3,(H,20,21). The van der Waals surface area contributed by atoms with Crippen molar-refractivity contribution in [2.45, 2.75) is 77.7 Å². The molecule has 24 heavy (non-hydrogen) atoms. The van der Waals surface area contributed by atoms with Crippen LogP contribution in [0.2, 0.25) is 0 Å². The van der Waals surface area contributed by atoms with Gasteiger partial charge >= 0.3 is 6.09 Å². The van der Waals surface area contributed by atoms with Crippen LogP contribution in [0.25, 0.3) is 0 Å². The molecule has 0 spiro atoms. The summed E-state index contributed by atoms with van der Waals surface area (Å²) in [5, 5.41) is 0. The van der Waals surface area contributed by atoms with Gasteiger partial charge in [-0.3, -0.25) is 5.43 Å². The van der Waals surface area contributed by atoms with Crippen molar-refractivity contribution < 1.29 is 9.53 Å². The maximum atomic E-state index is 11.3. The first-order valence-electron chi connectivity index (χ1n) is 9.29. The van der Waals surface area contributed by atoms with Gasteiger partial charge in [0, 0.05) is 17.5 Å². The number of rotatable bonds is 17. The quantitative estimate of drug-likeness (QED) is 0.197. The van der Waals surface area contributed by atoms with Crippen molar-refractivity contribution in [3.05, 3.63) is 0 Å². The first kappa shape index (κ1) is 23.9. The lowest BCUT2D eigenvalue weighted by molar-refractivity contribution is 0.147. The van der Waals surface area contributed by atoms with Crippen molar-refractivity contribution in [3.8, 4) is 0 Å². The maximum Gasteiger partial charge on any atom is 0.421 e. The average Bonchev–Trinajstić information content (AvgIpc) is 2.56. The number of hydrazine groups is 1. The van der Waals surface area contributed by atoms with Gasteiger partial charge in [0.2, 0.25) is 0 Å². The maximum absolute atomic E-state index is 11.3. The Morgan fingerprint density at radius 3 is 2.04 bits per heavy atom. The van der Waals surface area contributed by atoms with E-state index in [-0.39, 0.29) is 6.04 Å². The minimum Gasteiger partial charge on any atom is -0.448 e. The fraction of sp³-hybridized carbons (Fsp3) is 0.941. The van der Waals surface area contributed by atoms with Gasteiger partial charge in [0.1, 0.15) is 6.61 Å². The normalized spacial score (nSPS) is 11.0. The third-order valence-corrected chi connectivity index (χ3v) is 5.83. The third-order valence-electron chi connectivity index (χ3n) is 3.38. The van der Waals surface area contributed by atoms with E-state index in [1.54, 1.807) is 10.8 Å². The molecule has 5 nitrogen and oxygen atoms in total. The molecular weight excluding hydrogens is 342 g/mol. The number of hydrogen-bond acceptors (Lipinski definition) is 6. The Balaban J connectivity index is 3.08. The van der Waals surface area contributed by atoms with Gasteiger partial charge in [0.05, 0.1) is 0 Å². The zero-order chi connectivity index (χ0) is 17.9. The van der Waals surface area contributed by atoms with Crippen molar-refractivity contribution >= 4 is 27.7 Å². The summed E-state index contributed by atoms with van der Waals surface area (Å²) < 4.78 is 5.05. The van der Waals surface area contributed by atoms with Gasteiger partial charge in [-0.15, -0.1) is 0 Å². The topological polar surface area (TPSA) is 76.4 Å². The molecule has 0 radical (unpaired) electrons. The lowest BCUT2D eigenvalue weighted by Gasteiger charge is -2.10. The molecule has 0 aliphatic carbocycles. The Kier molecular flexibility index (Phi) is 19.1. The van der Waals surface area contributed by atoms with Crippen LogP contribution in [0.1, 0.15) is 71.6 Å². The molecule has 1 amide bonds. The first-order chi connectivity index (χ1) is 11.7. The number of unbranched alkanes of at least 4 members (excludes halogenated alkanes) is 8. The average molecular weight is 380 g/mol. The van der Waals surface area contributed by atoms with E-state index >= 15 is 0 Å². The zero-order valence-corrected chi connectivity index (χ0v) is 17.1. The predicted molar refractivity (Wildman–Crippen MR) is 108 cm³/mol. The number of amides is 1. The summed E-state index contributed by atoms with van der Waals surface area (Å²) >= 11 is 0. The highest BCUT2D eigenvalue weighted by molar-refractivity contribution is 8.76. The number of ether oxygens (including phenoxy) is 1. The number of nitrogens with one attached hydrogen (secondary N) is 2. The second kappa shape index (κ2) is 19.2. The molecule has 0 atom stereocenters. The van der Waals surface area contributed by atoms with Crippen LogP contribution < -0.4 is 16.6 Å². The molecule has 0 saturated carbocycles. The minimum absolute atomic E-state index is 0.207. The summed E-state index contributed by atoms with van der Waals surface area (Å²) in [6.07, 6.45) is 11.5. The molecule has 0 bridgehead atoms. The number of carbonyl (C=O) groups is 1. The molecule has 7 heteroatoms. The highest BCUT2D eigenvalue weighted by Crippen LogP contribution is 2.22. The van der Waals surface area contributed by atoms with Gasteiger partial charge in [-0.2, -0.15) is 0 Å². The van der Waals surface area contributed by atoms with Gasteiger partial charge in [-0.1, -0.05) is 66.5 Å². The largest absolute Gasteiger partial charge is 0.448 e. The van der Waals surface area contributed by atoms with E-state index in [0.717, 1.165) is 12.3 Å². The molecule has 0 saturated heterocycles. The molecule has 0 aromatic rings. The van der Waals surface area contributed by atoms with Gasteiger partial charge in [-0.05, 0) is 33.2 Å². The molecule has 0 unspecified atom stereocenters. The zero-order valence-electron chi connectivity index (χ0n) is 15.5. The van der Waals surface area contributed by atoms with Gasteiger partial charge in [0.25, 0.3) is 0 Å². The third kappa shape index (κ3) is 19.9. The Morgan fingerprint density at radius 1 is 0.917 bits per heavy atom. The fourth-order valence-electron chi connectivity index (χ4n) is 2.07. The number of hydrogen-bond donors (Lipinski definition) is 3. The van der Waals surface area contributed by atoms with Gasteiger partial charge < -0.3 is 10.5 Å². The number of nitrogens with two attached hydrogens (primary N) is 1. The lowest BCUT2D eigenvalue weighted by atomic mass is 10.1. The highest BCUT2D eigenvalue weighted by Gasteiger charge is 2.01. The van der Waals surface area contributed by atoms with Crippen LogP contribution in [0.5, 0.6) is 0 Å². The SMILES string of the molecule is CC(C)NNC(=O)OCCSSCCCCCCCCCCCN. The van der Waals surface area contributed by atoms with Crippen LogP contribution in [-0.2, 0) is 4.74 Å². The van der Waals surface area contributed by atoms with Crippen molar-refractivity contribution in [1.82, 2.24) is 10.9 Å². The summed E-state index contributed by atoms with van der Waals surface area (Å²) in [5.41, 5.74) is 10.8. The van der Waals surface area contributed by atoms with E-state index in [0.29, 0.717) is 6.61 Å². The van der Waals surface area contributed by atoms with Crippen molar-refractivity contribution in [3.63, 3.8) is 0 Å². The molecule has 0 rings (SSSR count). The smallest absolute Gasteiger partial charge is 0.421 e. The Labute approximate surface area is 156 Å². The van der Waals surface area contributed by atoms with Crippen molar-refractivity contribution in [2.24, 2.45) is 5.73 Å². The molecule has 0 fully saturated rings. The van der Waals surface area contributed by atoms with Crippen LogP contribution in [0.15, 0.2) is 0 Å². The Hall–Kier alpha value is -0.110. The molecular formula is C17H37N3O2S2. The fourth-order valence-corrected chi connectivity index (χ4v) is 4.04. The van der Waals surface area contributed by atoms with Crippen LogP contribution >= 0.6 is 21.6 Å². The minimum atomic E-state index is -0.405. The van der Waals surface area contributed by atoms with Gasteiger partial charge in [-0.25, -0.2) is 10.2 Å². The Bertz CT molecular complexity index is 283. The van der Waals surface area contributed by atoms with Crippen molar-refractivity contribution in [1.29, 1.82) is 0 Å². The van der Waals surface area contributed by atoms with E-state index in [1.807, 2.05) is 24.6 Å². The highest BCUT2D eigenvalue weighted by atomic mass is 33.1. The van der Waals surface area contributed by atoms with E-state index in [4.69, 9.17) is 10.5 Å². The van der Waals surface area contributed by atoms with Crippen LogP contribution in [0.3, 0.4) is 0 Å². The van der Waals surface area contributed by atoms with Crippen LogP contribution in [0.4, 0.5) is 4.79 Å². The predicted octanol–water partition coefficient (Wildman–Crippen LogP) is 4.48. The molecule has 144 valence electrons. The lowest BCUT2D eigenvalue weighted by Crippen LogP contribution is -2.42. The van der Waals surface area contributed by atoms with E-state index in [9.17, 15) is 4.79 Å². The molecule has 4 N–H and O–H groups in total. The summed E-state index contributed by atoms with van der Waals surface area (Å²) in [4.78, 5) is 11.3. The molecule has 0 aliphatic heterocycles. The van der Waals surface area contributed by atoms with Crippen molar-refractivity contribution in [2.75, 3.05) is 24.7 Å².